The summed E-state index contributed by atoms with van der Waals surface area (Å²) in [7, 11) is 0. The third-order valence-corrected chi connectivity index (χ3v) is 6.66. The van der Waals surface area contributed by atoms with Crippen LogP contribution in [0, 0.1) is 0 Å². The summed E-state index contributed by atoms with van der Waals surface area (Å²) >= 11 is 4.75. The van der Waals surface area contributed by atoms with Crippen LogP contribution in [0.1, 0.15) is 22.9 Å². The maximum Gasteiger partial charge on any atom is 0.416 e. The lowest BCUT2D eigenvalue weighted by Crippen LogP contribution is -2.45. The fraction of sp³-hybridized carbons (Fsp3) is 0.450. The molecule has 0 atom stereocenters. The van der Waals surface area contributed by atoms with Gasteiger partial charge in [0, 0.05) is 53.1 Å². The number of carbonyl (C=O) groups is 1. The molecule has 0 saturated carbocycles. The molecule has 1 aromatic carbocycles. The second-order valence-corrected chi connectivity index (χ2v) is 8.95. The first-order valence-electron chi connectivity index (χ1n) is 9.42. The van der Waals surface area contributed by atoms with Crippen LogP contribution < -0.4 is 5.32 Å². The highest BCUT2D eigenvalue weighted by Crippen LogP contribution is 2.34. The summed E-state index contributed by atoms with van der Waals surface area (Å²) < 4.78 is 41.8. The standard InChI is InChI=1S/C20H23BrF3N3OS/c1-2-26-5-7-27(8-6-26)12-14-3-4-16(10-18(14)20(22,23)24)25-19(28)11-17-9-15(21)13-29-17/h3-4,9-10,13H,2,5-8,11-12H2,1H3,(H,25,28). The Labute approximate surface area is 180 Å². The molecule has 2 aromatic rings. The van der Waals surface area contributed by atoms with Gasteiger partial charge in [-0.15, -0.1) is 11.3 Å². The number of nitrogens with zero attached hydrogens (tertiary/aromatic N) is 2. The smallest absolute Gasteiger partial charge is 0.326 e. The molecule has 2 heterocycles. The average molecular weight is 490 g/mol. The van der Waals surface area contributed by atoms with Crippen LogP contribution in [-0.2, 0) is 23.9 Å². The third-order valence-electron chi connectivity index (χ3n) is 4.96. The second-order valence-electron chi connectivity index (χ2n) is 7.04. The quantitative estimate of drug-likeness (QED) is 0.629. The fourth-order valence-electron chi connectivity index (χ4n) is 3.37. The van der Waals surface area contributed by atoms with Gasteiger partial charge in [-0.3, -0.25) is 9.69 Å². The zero-order chi connectivity index (χ0) is 21.0. The van der Waals surface area contributed by atoms with Gasteiger partial charge in [-0.1, -0.05) is 13.0 Å². The molecule has 4 nitrogen and oxygen atoms in total. The molecule has 1 fully saturated rings. The molecule has 1 amide bonds. The minimum Gasteiger partial charge on any atom is -0.326 e. The molecule has 9 heteroatoms. The lowest BCUT2D eigenvalue weighted by molar-refractivity contribution is -0.138. The normalized spacial score (nSPS) is 16.2. The first-order chi connectivity index (χ1) is 13.7. The summed E-state index contributed by atoms with van der Waals surface area (Å²) in [6, 6.07) is 5.90. The van der Waals surface area contributed by atoms with Crippen molar-refractivity contribution in [3.05, 3.63) is 50.1 Å². The van der Waals surface area contributed by atoms with Crippen molar-refractivity contribution in [2.45, 2.75) is 26.1 Å². The minimum absolute atomic E-state index is 0.126. The van der Waals surface area contributed by atoms with E-state index in [0.29, 0.717) is 0 Å². The monoisotopic (exact) mass is 489 g/mol. The molecule has 0 radical (unpaired) electrons. The minimum atomic E-state index is -4.47. The van der Waals surface area contributed by atoms with Crippen molar-refractivity contribution < 1.29 is 18.0 Å². The summed E-state index contributed by atoms with van der Waals surface area (Å²) in [6.45, 7) is 6.53. The Morgan fingerprint density at radius 3 is 2.45 bits per heavy atom. The Morgan fingerprint density at radius 1 is 1.17 bits per heavy atom. The van der Waals surface area contributed by atoms with Crippen LogP contribution in [0.4, 0.5) is 18.9 Å². The van der Waals surface area contributed by atoms with Gasteiger partial charge in [0.15, 0.2) is 0 Å². The fourth-order valence-corrected chi connectivity index (χ4v) is 4.82. The molecular formula is C20H23BrF3N3OS. The molecule has 0 bridgehead atoms. The van der Waals surface area contributed by atoms with Crippen LogP contribution in [0.2, 0.25) is 0 Å². The molecule has 29 heavy (non-hydrogen) atoms. The Balaban J connectivity index is 1.69. The summed E-state index contributed by atoms with van der Waals surface area (Å²) in [6.07, 6.45) is -4.35. The molecule has 158 valence electrons. The van der Waals surface area contributed by atoms with Crippen LogP contribution in [0.3, 0.4) is 0 Å². The van der Waals surface area contributed by atoms with Crippen molar-refractivity contribution in [3.63, 3.8) is 0 Å². The molecule has 1 aliphatic heterocycles. The van der Waals surface area contributed by atoms with E-state index in [2.05, 4.69) is 33.1 Å². The molecule has 3 rings (SSSR count). The highest BCUT2D eigenvalue weighted by molar-refractivity contribution is 9.10. The van der Waals surface area contributed by atoms with E-state index < -0.39 is 11.7 Å². The molecule has 0 unspecified atom stereocenters. The van der Waals surface area contributed by atoms with Crippen molar-refractivity contribution in [2.75, 3.05) is 38.0 Å². The number of hydrogen-bond acceptors (Lipinski definition) is 4. The van der Waals surface area contributed by atoms with E-state index in [0.717, 1.165) is 48.1 Å². The van der Waals surface area contributed by atoms with E-state index in [1.54, 1.807) is 6.07 Å². The van der Waals surface area contributed by atoms with Crippen LogP contribution >= 0.6 is 27.3 Å². The van der Waals surface area contributed by atoms with Gasteiger partial charge in [-0.2, -0.15) is 13.2 Å². The number of thiophene rings is 1. The van der Waals surface area contributed by atoms with Crippen LogP contribution in [0.25, 0.3) is 0 Å². The zero-order valence-corrected chi connectivity index (χ0v) is 18.5. The molecule has 1 saturated heterocycles. The van der Waals surface area contributed by atoms with Gasteiger partial charge in [0.25, 0.3) is 0 Å². The number of piperazine rings is 1. The van der Waals surface area contributed by atoms with Crippen molar-refractivity contribution in [2.24, 2.45) is 0 Å². The number of anilines is 1. The van der Waals surface area contributed by atoms with Gasteiger partial charge >= 0.3 is 6.18 Å². The predicted molar refractivity (Wildman–Crippen MR) is 113 cm³/mol. The Morgan fingerprint density at radius 2 is 1.86 bits per heavy atom. The lowest BCUT2D eigenvalue weighted by atomic mass is 10.0. The summed E-state index contributed by atoms with van der Waals surface area (Å²) in [4.78, 5) is 17.4. The molecule has 1 aromatic heterocycles. The average Bonchev–Trinajstić information content (AvgIpc) is 3.07. The van der Waals surface area contributed by atoms with E-state index in [9.17, 15) is 18.0 Å². The van der Waals surface area contributed by atoms with Crippen molar-refractivity contribution in [1.29, 1.82) is 0 Å². The molecular weight excluding hydrogens is 467 g/mol. The van der Waals surface area contributed by atoms with Crippen molar-refractivity contribution >= 4 is 38.9 Å². The van der Waals surface area contributed by atoms with Gasteiger partial charge in [0.2, 0.25) is 5.91 Å². The second kappa shape index (κ2) is 9.59. The number of alkyl halides is 3. The Hall–Kier alpha value is -1.42. The Bertz CT molecular complexity index is 848. The van der Waals surface area contributed by atoms with Gasteiger partial charge in [0.05, 0.1) is 12.0 Å². The van der Waals surface area contributed by atoms with E-state index in [4.69, 9.17) is 0 Å². The third kappa shape index (κ3) is 6.28. The summed E-state index contributed by atoms with van der Waals surface area (Å²) in [5.41, 5.74) is -0.285. The largest absolute Gasteiger partial charge is 0.416 e. The topological polar surface area (TPSA) is 35.6 Å². The number of benzene rings is 1. The van der Waals surface area contributed by atoms with E-state index in [-0.39, 0.29) is 30.1 Å². The number of carbonyl (C=O) groups excluding carboxylic acids is 1. The van der Waals surface area contributed by atoms with Crippen LogP contribution in [0.5, 0.6) is 0 Å². The zero-order valence-electron chi connectivity index (χ0n) is 16.1. The van der Waals surface area contributed by atoms with Crippen molar-refractivity contribution in [1.82, 2.24) is 9.80 Å². The first-order valence-corrected chi connectivity index (χ1v) is 11.1. The summed E-state index contributed by atoms with van der Waals surface area (Å²) in [5.74, 6) is -0.337. The van der Waals surface area contributed by atoms with E-state index in [1.807, 2.05) is 16.3 Å². The number of amides is 1. The Kier molecular flexibility index (Phi) is 7.37. The molecule has 1 N–H and O–H groups in total. The van der Waals surface area contributed by atoms with E-state index >= 15 is 0 Å². The van der Waals surface area contributed by atoms with Crippen LogP contribution in [0.15, 0.2) is 34.1 Å². The number of nitrogens with one attached hydrogen (secondary N) is 1. The number of hydrogen-bond donors (Lipinski definition) is 1. The lowest BCUT2D eigenvalue weighted by Gasteiger charge is -2.34. The maximum absolute atomic E-state index is 13.6. The number of likely N-dealkylation sites (N-methyl/N-ethyl adjacent to an activating group) is 1. The molecule has 0 spiro atoms. The molecule has 0 aliphatic carbocycles. The number of halogens is 4. The predicted octanol–water partition coefficient (Wildman–Crippen LogP) is 4.85. The van der Waals surface area contributed by atoms with Crippen LogP contribution in [-0.4, -0.2) is 48.4 Å². The highest BCUT2D eigenvalue weighted by Gasteiger charge is 2.34. The van der Waals surface area contributed by atoms with Gasteiger partial charge < -0.3 is 10.2 Å². The highest BCUT2D eigenvalue weighted by atomic mass is 79.9. The van der Waals surface area contributed by atoms with Gasteiger partial charge in [-0.25, -0.2) is 0 Å². The number of rotatable bonds is 6. The summed E-state index contributed by atoms with van der Waals surface area (Å²) in [5, 5.41) is 4.45. The van der Waals surface area contributed by atoms with E-state index in [1.165, 1.54) is 17.4 Å². The maximum atomic E-state index is 13.6. The van der Waals surface area contributed by atoms with Crippen molar-refractivity contribution in [3.8, 4) is 0 Å². The first kappa shape index (κ1) is 22.3. The van der Waals surface area contributed by atoms with Gasteiger partial charge in [0.1, 0.15) is 0 Å². The van der Waals surface area contributed by atoms with Gasteiger partial charge in [-0.05, 0) is 46.2 Å². The molecule has 1 aliphatic rings. The SMILES string of the molecule is CCN1CCN(Cc2ccc(NC(=O)Cc3cc(Br)cs3)cc2C(F)(F)F)CC1.